The van der Waals surface area contributed by atoms with Gasteiger partial charge in [-0.3, -0.25) is 0 Å². The Bertz CT molecular complexity index is 2770. The molecule has 3 nitrogen and oxygen atoms in total. The molecule has 1 aromatic heterocycles. The molecule has 0 saturated heterocycles. The number of hydrogen-bond acceptors (Lipinski definition) is 2. The van der Waals surface area contributed by atoms with E-state index in [9.17, 15) is 0 Å². The Morgan fingerprint density at radius 3 is 1.98 bits per heavy atom. The van der Waals surface area contributed by atoms with Crippen LogP contribution in [0.3, 0.4) is 0 Å². The minimum absolute atomic E-state index is 0.118. The van der Waals surface area contributed by atoms with Gasteiger partial charge in [-0.1, -0.05) is 113 Å². The lowest BCUT2D eigenvalue weighted by molar-refractivity contribution is 0.654. The second kappa shape index (κ2) is 9.97. The summed E-state index contributed by atoms with van der Waals surface area (Å²) < 4.78 is 6.57. The second-order valence-corrected chi connectivity index (χ2v) is 14.8. The van der Waals surface area contributed by atoms with Gasteiger partial charge in [0.15, 0.2) is 11.3 Å². The zero-order valence-corrected chi connectivity index (χ0v) is 28.5. The van der Waals surface area contributed by atoms with E-state index in [1.807, 2.05) is 36.4 Å². The summed E-state index contributed by atoms with van der Waals surface area (Å²) in [6.07, 6.45) is 0. The van der Waals surface area contributed by atoms with Crippen LogP contribution in [0.2, 0.25) is 0 Å². The molecule has 0 saturated carbocycles. The maximum atomic E-state index is 7.56. The van der Waals surface area contributed by atoms with E-state index in [1.165, 1.54) is 55.3 Å². The minimum atomic E-state index is -0.218. The van der Waals surface area contributed by atoms with Gasteiger partial charge < -0.3 is 9.32 Å². The van der Waals surface area contributed by atoms with Crippen molar-refractivity contribution in [3.8, 4) is 22.3 Å². The molecule has 50 heavy (non-hydrogen) atoms. The normalized spacial score (nSPS) is 14.7. The van der Waals surface area contributed by atoms with Gasteiger partial charge in [-0.2, -0.15) is 0 Å². The van der Waals surface area contributed by atoms with Gasteiger partial charge in [0.2, 0.25) is 0 Å². The zero-order valence-electron chi connectivity index (χ0n) is 28.5. The van der Waals surface area contributed by atoms with Crippen LogP contribution >= 0.6 is 0 Å². The molecule has 0 unspecified atom stereocenters. The predicted molar refractivity (Wildman–Crippen MR) is 207 cm³/mol. The number of anilines is 3. The molecule has 1 heterocycles. The molecule has 2 aliphatic rings. The van der Waals surface area contributed by atoms with E-state index in [4.69, 9.17) is 11.0 Å². The van der Waals surface area contributed by atoms with Crippen molar-refractivity contribution in [1.82, 2.24) is 0 Å². The SMILES string of the molecule is [C-]#[N+]c1ccc(N(c2ccc3c(c2)C(C)(C)c2cc4c(cc2-3)C(C)(C)c2c-4ccc3ccccc23)c2cccc3c2oc2ccccc23)cc1. The van der Waals surface area contributed by atoms with Gasteiger partial charge >= 0.3 is 0 Å². The van der Waals surface area contributed by atoms with Crippen molar-refractivity contribution in [2.24, 2.45) is 0 Å². The van der Waals surface area contributed by atoms with Crippen LogP contribution in [0.5, 0.6) is 0 Å². The summed E-state index contributed by atoms with van der Waals surface area (Å²) in [6.45, 7) is 17.1. The molecule has 0 atom stereocenters. The van der Waals surface area contributed by atoms with Crippen LogP contribution in [0, 0.1) is 6.57 Å². The number of furan rings is 1. The highest BCUT2D eigenvalue weighted by Gasteiger charge is 2.42. The molecule has 10 rings (SSSR count). The van der Waals surface area contributed by atoms with Gasteiger partial charge in [-0.15, -0.1) is 0 Å². The van der Waals surface area contributed by atoms with Crippen molar-refractivity contribution >= 4 is 55.5 Å². The number of benzene rings is 7. The van der Waals surface area contributed by atoms with E-state index in [0.29, 0.717) is 5.69 Å². The second-order valence-electron chi connectivity index (χ2n) is 14.8. The van der Waals surface area contributed by atoms with Gasteiger partial charge in [0, 0.05) is 33.0 Å². The van der Waals surface area contributed by atoms with Gasteiger partial charge in [0.25, 0.3) is 0 Å². The fraction of sp³-hybridized carbons (Fsp3) is 0.128. The molecule has 0 N–H and O–H groups in total. The van der Waals surface area contributed by atoms with Crippen LogP contribution in [-0.2, 0) is 10.8 Å². The molecule has 0 aliphatic heterocycles. The highest BCUT2D eigenvalue weighted by atomic mass is 16.3. The van der Waals surface area contributed by atoms with E-state index in [2.05, 4.69) is 135 Å². The van der Waals surface area contributed by atoms with E-state index in [1.54, 1.807) is 0 Å². The topological polar surface area (TPSA) is 20.7 Å². The number of rotatable bonds is 3. The highest BCUT2D eigenvalue weighted by molar-refractivity contribution is 6.10. The maximum Gasteiger partial charge on any atom is 0.187 e. The summed E-state index contributed by atoms with van der Waals surface area (Å²) in [6, 6.07) is 47.8. The summed E-state index contributed by atoms with van der Waals surface area (Å²) in [5.74, 6) is 0. The molecule has 2 aliphatic carbocycles. The first-order chi connectivity index (χ1) is 24.3. The smallest absolute Gasteiger partial charge is 0.187 e. The summed E-state index contributed by atoms with van der Waals surface area (Å²) in [5.41, 5.74) is 15.8. The first-order valence-corrected chi connectivity index (χ1v) is 17.3. The lowest BCUT2D eigenvalue weighted by Crippen LogP contribution is -2.17. The Morgan fingerprint density at radius 2 is 1.18 bits per heavy atom. The molecule has 7 aromatic carbocycles. The van der Waals surface area contributed by atoms with Crippen molar-refractivity contribution in [1.29, 1.82) is 0 Å². The minimum Gasteiger partial charge on any atom is -0.454 e. The van der Waals surface area contributed by atoms with Crippen molar-refractivity contribution in [3.63, 3.8) is 0 Å². The summed E-state index contributed by atoms with van der Waals surface area (Å²) in [7, 11) is 0. The highest BCUT2D eigenvalue weighted by Crippen LogP contribution is 2.58. The first-order valence-electron chi connectivity index (χ1n) is 17.3. The molecule has 238 valence electrons. The summed E-state index contributed by atoms with van der Waals surface area (Å²) >= 11 is 0. The third-order valence-electron chi connectivity index (χ3n) is 11.4. The number of fused-ring (bicyclic) bond motifs is 11. The predicted octanol–water partition coefficient (Wildman–Crippen LogP) is 13.4. The Kier molecular flexibility index (Phi) is 5.75. The van der Waals surface area contributed by atoms with Crippen LogP contribution < -0.4 is 4.90 Å². The number of hydrogen-bond donors (Lipinski definition) is 0. The van der Waals surface area contributed by atoms with Gasteiger partial charge in [-0.25, -0.2) is 4.85 Å². The number of nitrogens with zero attached hydrogens (tertiary/aromatic N) is 2. The van der Waals surface area contributed by atoms with E-state index < -0.39 is 0 Å². The fourth-order valence-corrected chi connectivity index (χ4v) is 8.96. The molecule has 0 bridgehead atoms. The van der Waals surface area contributed by atoms with Crippen LogP contribution in [0.4, 0.5) is 22.7 Å². The van der Waals surface area contributed by atoms with E-state index in [0.717, 1.165) is 39.0 Å². The molecule has 8 aromatic rings. The molecule has 3 heteroatoms. The standard InChI is InChI=1S/C47H34N2O/c1-46(2)39-25-31(49(30-20-18-29(48-5)19-21-30)42-15-10-14-36-34-13-8-9-16-43(34)50-45(36)42)22-24-33(39)37-26-41-38(27-40(37)46)35-23-17-28-11-6-7-12-32(28)44(35)47(41,3)4/h6-27H,1-4H3. The summed E-state index contributed by atoms with van der Waals surface area (Å²) in [5, 5.41) is 4.83. The van der Waals surface area contributed by atoms with Gasteiger partial charge in [0.1, 0.15) is 5.58 Å². The van der Waals surface area contributed by atoms with Crippen LogP contribution in [0.25, 0.3) is 59.8 Å². The Hall–Kier alpha value is -6.11. The molecule has 0 fully saturated rings. The third kappa shape index (κ3) is 3.79. The third-order valence-corrected chi connectivity index (χ3v) is 11.4. The monoisotopic (exact) mass is 642 g/mol. The lowest BCUT2D eigenvalue weighted by Gasteiger charge is -2.28. The van der Waals surface area contributed by atoms with Crippen LogP contribution in [0.15, 0.2) is 138 Å². The average molecular weight is 643 g/mol. The molecule has 0 radical (unpaired) electrons. The molecular weight excluding hydrogens is 609 g/mol. The summed E-state index contributed by atoms with van der Waals surface area (Å²) in [4.78, 5) is 5.94. The van der Waals surface area contributed by atoms with Gasteiger partial charge in [-0.05, 0) is 104 Å². The molecule has 0 amide bonds. The van der Waals surface area contributed by atoms with E-state index >= 15 is 0 Å². The fourth-order valence-electron chi connectivity index (χ4n) is 8.96. The largest absolute Gasteiger partial charge is 0.454 e. The lowest BCUT2D eigenvalue weighted by atomic mass is 9.78. The zero-order chi connectivity index (χ0) is 33.9. The average Bonchev–Trinajstić information content (AvgIpc) is 3.71. The number of para-hydroxylation sites is 2. The first kappa shape index (κ1) is 28.9. The molecule has 0 spiro atoms. The quantitative estimate of drug-likeness (QED) is 0.179. The van der Waals surface area contributed by atoms with Crippen molar-refractivity contribution in [2.75, 3.05) is 4.90 Å². The Balaban J connectivity index is 1.16. The van der Waals surface area contributed by atoms with Crippen molar-refractivity contribution in [3.05, 3.63) is 167 Å². The van der Waals surface area contributed by atoms with Crippen molar-refractivity contribution < 1.29 is 4.42 Å². The molecular formula is C47H34N2O. The Labute approximate surface area is 291 Å². The maximum absolute atomic E-state index is 7.56. The van der Waals surface area contributed by atoms with E-state index in [-0.39, 0.29) is 10.8 Å². The van der Waals surface area contributed by atoms with Crippen LogP contribution in [0.1, 0.15) is 49.9 Å². The van der Waals surface area contributed by atoms with Crippen LogP contribution in [-0.4, -0.2) is 0 Å². The van der Waals surface area contributed by atoms with Gasteiger partial charge in [0.05, 0.1) is 12.3 Å². The van der Waals surface area contributed by atoms with Crippen molar-refractivity contribution in [2.45, 2.75) is 38.5 Å². The Morgan fingerprint density at radius 1 is 0.540 bits per heavy atom.